The van der Waals surface area contributed by atoms with Crippen molar-refractivity contribution in [3.05, 3.63) is 47.5 Å². The standard InChI is InChI=1S/C14H16FN/c1-9(2)14-8-13(10(3)16-14)11-4-6-12(15)7-5-11/h4-9,16H,1-3H3. The number of halogens is 1. The van der Waals surface area contributed by atoms with E-state index in [2.05, 4.69) is 24.9 Å². The smallest absolute Gasteiger partial charge is 0.123 e. The molecule has 0 amide bonds. The summed E-state index contributed by atoms with van der Waals surface area (Å²) in [6.45, 7) is 6.35. The molecule has 1 N–H and O–H groups in total. The van der Waals surface area contributed by atoms with Crippen molar-refractivity contribution in [1.82, 2.24) is 4.98 Å². The topological polar surface area (TPSA) is 15.8 Å². The number of nitrogens with one attached hydrogen (secondary N) is 1. The molecular weight excluding hydrogens is 201 g/mol. The molecule has 0 fully saturated rings. The summed E-state index contributed by atoms with van der Waals surface area (Å²) < 4.78 is 12.8. The lowest BCUT2D eigenvalue weighted by Gasteiger charge is -1.99. The lowest BCUT2D eigenvalue weighted by Crippen LogP contribution is -1.85. The first-order chi connectivity index (χ1) is 7.58. The highest BCUT2D eigenvalue weighted by Crippen LogP contribution is 2.27. The van der Waals surface area contributed by atoms with E-state index in [0.29, 0.717) is 5.92 Å². The van der Waals surface area contributed by atoms with Crippen LogP contribution in [0, 0.1) is 12.7 Å². The summed E-state index contributed by atoms with van der Waals surface area (Å²) in [7, 11) is 0. The Labute approximate surface area is 95.3 Å². The molecule has 0 aliphatic carbocycles. The van der Waals surface area contributed by atoms with Gasteiger partial charge in [0.1, 0.15) is 5.82 Å². The maximum atomic E-state index is 12.8. The molecule has 16 heavy (non-hydrogen) atoms. The third kappa shape index (κ3) is 2.01. The molecule has 1 aromatic carbocycles. The average molecular weight is 217 g/mol. The van der Waals surface area contributed by atoms with Gasteiger partial charge in [0.25, 0.3) is 0 Å². The predicted molar refractivity (Wildman–Crippen MR) is 65.0 cm³/mol. The van der Waals surface area contributed by atoms with Crippen molar-refractivity contribution >= 4 is 0 Å². The van der Waals surface area contributed by atoms with Crippen LogP contribution in [0.5, 0.6) is 0 Å². The molecule has 0 saturated heterocycles. The number of aryl methyl sites for hydroxylation is 1. The number of benzene rings is 1. The molecule has 1 heterocycles. The summed E-state index contributed by atoms with van der Waals surface area (Å²) >= 11 is 0. The minimum absolute atomic E-state index is 0.193. The number of H-pyrrole nitrogens is 1. The van der Waals surface area contributed by atoms with E-state index in [1.807, 2.05) is 19.1 Å². The number of hydrogen-bond donors (Lipinski definition) is 1. The molecule has 0 unspecified atom stereocenters. The second-order valence-corrected chi connectivity index (χ2v) is 4.42. The third-order valence-corrected chi connectivity index (χ3v) is 2.81. The van der Waals surface area contributed by atoms with Gasteiger partial charge in [-0.3, -0.25) is 0 Å². The molecule has 1 nitrogen and oxygen atoms in total. The summed E-state index contributed by atoms with van der Waals surface area (Å²) in [6.07, 6.45) is 0. The molecule has 0 bridgehead atoms. The maximum Gasteiger partial charge on any atom is 0.123 e. The normalized spacial score (nSPS) is 11.1. The van der Waals surface area contributed by atoms with E-state index in [1.165, 1.54) is 17.8 Å². The van der Waals surface area contributed by atoms with E-state index < -0.39 is 0 Å². The molecule has 0 aliphatic heterocycles. The van der Waals surface area contributed by atoms with Crippen molar-refractivity contribution in [3.63, 3.8) is 0 Å². The first kappa shape index (κ1) is 10.9. The zero-order valence-corrected chi connectivity index (χ0v) is 9.84. The molecule has 2 rings (SSSR count). The highest BCUT2D eigenvalue weighted by atomic mass is 19.1. The fourth-order valence-electron chi connectivity index (χ4n) is 1.82. The zero-order chi connectivity index (χ0) is 11.7. The Kier molecular flexibility index (Phi) is 2.82. The molecule has 84 valence electrons. The Morgan fingerprint density at radius 2 is 1.75 bits per heavy atom. The molecule has 0 aliphatic rings. The van der Waals surface area contributed by atoms with E-state index in [9.17, 15) is 4.39 Å². The van der Waals surface area contributed by atoms with E-state index in [0.717, 1.165) is 16.8 Å². The van der Waals surface area contributed by atoms with Crippen LogP contribution in [-0.2, 0) is 0 Å². The number of hydrogen-bond acceptors (Lipinski definition) is 0. The van der Waals surface area contributed by atoms with E-state index in [1.54, 1.807) is 0 Å². The zero-order valence-electron chi connectivity index (χ0n) is 9.84. The van der Waals surface area contributed by atoms with Gasteiger partial charge in [0.2, 0.25) is 0 Å². The lowest BCUT2D eigenvalue weighted by molar-refractivity contribution is 0.628. The van der Waals surface area contributed by atoms with Crippen molar-refractivity contribution in [3.8, 4) is 11.1 Å². The van der Waals surface area contributed by atoms with Gasteiger partial charge >= 0.3 is 0 Å². The minimum atomic E-state index is -0.193. The molecule has 0 saturated carbocycles. The predicted octanol–water partition coefficient (Wildman–Crippen LogP) is 4.25. The fourth-order valence-corrected chi connectivity index (χ4v) is 1.82. The van der Waals surface area contributed by atoms with Crippen LogP contribution >= 0.6 is 0 Å². The summed E-state index contributed by atoms with van der Waals surface area (Å²) in [5.74, 6) is 0.286. The first-order valence-electron chi connectivity index (χ1n) is 5.53. The van der Waals surface area contributed by atoms with Gasteiger partial charge in [-0.25, -0.2) is 4.39 Å². The lowest BCUT2D eigenvalue weighted by atomic mass is 10.0. The first-order valence-corrected chi connectivity index (χ1v) is 5.53. The van der Waals surface area contributed by atoms with Gasteiger partial charge in [0.15, 0.2) is 0 Å². The summed E-state index contributed by atoms with van der Waals surface area (Å²) in [5, 5.41) is 0. The summed E-state index contributed by atoms with van der Waals surface area (Å²) in [4.78, 5) is 3.36. The van der Waals surface area contributed by atoms with Crippen LogP contribution in [0.15, 0.2) is 30.3 Å². The number of aromatic nitrogens is 1. The Morgan fingerprint density at radius 3 is 2.25 bits per heavy atom. The monoisotopic (exact) mass is 217 g/mol. The van der Waals surface area contributed by atoms with Crippen LogP contribution in [0.2, 0.25) is 0 Å². The average Bonchev–Trinajstić information content (AvgIpc) is 2.62. The van der Waals surface area contributed by atoms with Crippen molar-refractivity contribution in [2.75, 3.05) is 0 Å². The quantitative estimate of drug-likeness (QED) is 0.774. The Balaban J connectivity index is 2.44. The SMILES string of the molecule is Cc1[nH]c(C(C)C)cc1-c1ccc(F)cc1. The van der Waals surface area contributed by atoms with E-state index >= 15 is 0 Å². The van der Waals surface area contributed by atoms with Gasteiger partial charge in [0.05, 0.1) is 0 Å². The van der Waals surface area contributed by atoms with Crippen LogP contribution in [0.1, 0.15) is 31.2 Å². The Bertz CT molecular complexity index is 480. The van der Waals surface area contributed by atoms with Crippen LogP contribution < -0.4 is 0 Å². The van der Waals surface area contributed by atoms with Gasteiger partial charge in [0, 0.05) is 17.0 Å². The van der Waals surface area contributed by atoms with Crippen molar-refractivity contribution in [2.45, 2.75) is 26.7 Å². The van der Waals surface area contributed by atoms with Crippen molar-refractivity contribution in [2.24, 2.45) is 0 Å². The van der Waals surface area contributed by atoms with E-state index in [4.69, 9.17) is 0 Å². The van der Waals surface area contributed by atoms with Gasteiger partial charge in [-0.05, 0) is 36.6 Å². The Morgan fingerprint density at radius 1 is 1.12 bits per heavy atom. The third-order valence-electron chi connectivity index (χ3n) is 2.81. The highest BCUT2D eigenvalue weighted by Gasteiger charge is 2.08. The van der Waals surface area contributed by atoms with Crippen LogP contribution in [0.25, 0.3) is 11.1 Å². The largest absolute Gasteiger partial charge is 0.362 e. The summed E-state index contributed by atoms with van der Waals surface area (Å²) in [5.41, 5.74) is 4.57. The van der Waals surface area contributed by atoms with Gasteiger partial charge in [-0.1, -0.05) is 26.0 Å². The van der Waals surface area contributed by atoms with Crippen LogP contribution in [0.3, 0.4) is 0 Å². The summed E-state index contributed by atoms with van der Waals surface area (Å²) in [6, 6.07) is 8.77. The number of rotatable bonds is 2. The second kappa shape index (κ2) is 4.12. The molecule has 2 heteroatoms. The van der Waals surface area contributed by atoms with Crippen molar-refractivity contribution in [1.29, 1.82) is 0 Å². The Hall–Kier alpha value is -1.57. The fraction of sp³-hybridized carbons (Fsp3) is 0.286. The minimum Gasteiger partial charge on any atom is -0.362 e. The molecule has 2 aromatic rings. The molecule has 1 aromatic heterocycles. The second-order valence-electron chi connectivity index (χ2n) is 4.42. The molecular formula is C14H16FN. The highest BCUT2D eigenvalue weighted by molar-refractivity contribution is 5.67. The van der Waals surface area contributed by atoms with Crippen LogP contribution in [0.4, 0.5) is 4.39 Å². The number of aromatic amines is 1. The molecule has 0 atom stereocenters. The molecule has 0 spiro atoms. The maximum absolute atomic E-state index is 12.8. The van der Waals surface area contributed by atoms with Gasteiger partial charge in [-0.2, -0.15) is 0 Å². The van der Waals surface area contributed by atoms with E-state index in [-0.39, 0.29) is 5.82 Å². The van der Waals surface area contributed by atoms with Crippen LogP contribution in [-0.4, -0.2) is 4.98 Å². The van der Waals surface area contributed by atoms with Crippen molar-refractivity contribution < 1.29 is 4.39 Å². The van der Waals surface area contributed by atoms with Gasteiger partial charge in [-0.15, -0.1) is 0 Å². The van der Waals surface area contributed by atoms with Gasteiger partial charge < -0.3 is 4.98 Å². The molecule has 0 radical (unpaired) electrons.